The Bertz CT molecular complexity index is 1520. The molecule has 2 heterocycles. The number of carbonyl (C=O) groups is 2. The predicted molar refractivity (Wildman–Crippen MR) is 169 cm³/mol. The van der Waals surface area contributed by atoms with Gasteiger partial charge >= 0.3 is 18.3 Å². The van der Waals surface area contributed by atoms with Crippen molar-refractivity contribution in [3.05, 3.63) is 54.1 Å². The van der Waals surface area contributed by atoms with Crippen LogP contribution >= 0.6 is 0 Å². The number of alkyl halides is 6. The number of hydrogen-bond donors (Lipinski definition) is 2. The lowest BCUT2D eigenvalue weighted by Crippen LogP contribution is -2.57. The number of carboxylic acids is 1. The molecule has 0 aromatic heterocycles. The van der Waals surface area contributed by atoms with Crippen molar-refractivity contribution in [3.8, 4) is 11.5 Å². The first-order valence-corrected chi connectivity index (χ1v) is 17.8. The van der Waals surface area contributed by atoms with Gasteiger partial charge in [-0.2, -0.15) is 30.6 Å². The maximum atomic E-state index is 13.9. The lowest BCUT2D eigenvalue weighted by Gasteiger charge is -2.41. The minimum absolute atomic E-state index is 0.00941. The number of nitrogens with two attached hydrogens (primary N) is 1. The van der Waals surface area contributed by atoms with Gasteiger partial charge in [0.05, 0.1) is 17.1 Å². The Morgan fingerprint density at radius 2 is 1.38 bits per heavy atom. The Hall–Kier alpha value is -3.57. The average molecular weight is 738 g/mol. The maximum absolute atomic E-state index is 13.9. The molecule has 2 saturated heterocycles. The number of likely N-dealkylation sites (tertiary alicyclic amines) is 1. The van der Waals surface area contributed by atoms with Gasteiger partial charge in [-0.15, -0.1) is 0 Å². The van der Waals surface area contributed by atoms with Crippen LogP contribution in [0.15, 0.2) is 53.4 Å². The van der Waals surface area contributed by atoms with E-state index in [0.717, 1.165) is 25.0 Å². The highest BCUT2D eigenvalue weighted by molar-refractivity contribution is 7.89. The van der Waals surface area contributed by atoms with E-state index in [4.69, 9.17) is 25.1 Å². The first-order chi connectivity index (χ1) is 23.4. The summed E-state index contributed by atoms with van der Waals surface area (Å²) in [5.74, 6) is -1.73. The molecule has 50 heavy (non-hydrogen) atoms. The molecule has 0 spiro atoms. The minimum Gasteiger partial charge on any atom is -0.493 e. The summed E-state index contributed by atoms with van der Waals surface area (Å²) in [5.41, 5.74) is 5.24. The van der Waals surface area contributed by atoms with E-state index in [1.54, 1.807) is 17.0 Å². The SMILES string of the molecule is NC1CCN(C(=O)[C@@H]2C[C@@H](Oc3ccc(C(F)(F)F)cc3)CCN2S(=O)(=O)c2ccc(OCC3CCCCC3)cc2)CC1.O=C(O)C(F)(F)F. The maximum Gasteiger partial charge on any atom is 0.490 e. The lowest BCUT2D eigenvalue weighted by atomic mass is 9.90. The molecule has 17 heteroatoms. The second-order valence-electron chi connectivity index (χ2n) is 12.7. The van der Waals surface area contributed by atoms with Gasteiger partial charge in [0.15, 0.2) is 0 Å². The number of nitrogens with zero attached hydrogens (tertiary/aromatic N) is 2. The number of amides is 1. The highest BCUT2D eigenvalue weighted by Crippen LogP contribution is 2.33. The van der Waals surface area contributed by atoms with Gasteiger partial charge < -0.3 is 25.2 Å². The molecule has 3 fully saturated rings. The van der Waals surface area contributed by atoms with Crippen molar-refractivity contribution >= 4 is 21.9 Å². The number of halogens is 6. The van der Waals surface area contributed by atoms with Gasteiger partial charge in [0.25, 0.3) is 0 Å². The Morgan fingerprint density at radius 1 is 0.820 bits per heavy atom. The van der Waals surface area contributed by atoms with E-state index in [-0.39, 0.29) is 42.0 Å². The fourth-order valence-electron chi connectivity index (χ4n) is 6.19. The monoisotopic (exact) mass is 737 g/mol. The van der Waals surface area contributed by atoms with Crippen LogP contribution in [0, 0.1) is 5.92 Å². The smallest absolute Gasteiger partial charge is 0.490 e. The van der Waals surface area contributed by atoms with E-state index >= 15 is 0 Å². The van der Waals surface area contributed by atoms with Crippen LogP contribution in [0.5, 0.6) is 11.5 Å². The summed E-state index contributed by atoms with van der Waals surface area (Å²) in [6.45, 7) is 1.50. The minimum atomic E-state index is -5.08. The molecule has 2 aromatic carbocycles. The standard InChI is InChI=1S/C31H40F3N3O5S.C2HF3O2/c32-31(33,34)23-6-8-26(9-7-23)42-27-16-19-37(29(20-27)30(38)36-17-14-24(35)15-18-36)43(39,40)28-12-10-25(11-13-28)41-21-22-4-2-1-3-5-22;3-2(4,5)1(6)7/h6-13,22,24,27,29H,1-5,14-21,35H2;(H,6,7)/t27-,29-;/m0./s1. The van der Waals surface area contributed by atoms with Crippen molar-refractivity contribution in [1.29, 1.82) is 0 Å². The molecule has 5 rings (SSSR count). The Morgan fingerprint density at radius 3 is 1.92 bits per heavy atom. The summed E-state index contributed by atoms with van der Waals surface area (Å²) >= 11 is 0. The Kier molecular flexibility index (Phi) is 13.0. The summed E-state index contributed by atoms with van der Waals surface area (Å²) in [5, 5.41) is 7.12. The third-order valence-corrected chi connectivity index (χ3v) is 10.9. The van der Waals surface area contributed by atoms with Gasteiger partial charge in [0.1, 0.15) is 23.6 Å². The van der Waals surface area contributed by atoms with E-state index in [0.29, 0.717) is 44.2 Å². The summed E-state index contributed by atoms with van der Waals surface area (Å²) in [6, 6.07) is 9.67. The van der Waals surface area contributed by atoms with Gasteiger partial charge in [-0.05, 0) is 86.6 Å². The molecule has 2 atom stereocenters. The summed E-state index contributed by atoms with van der Waals surface area (Å²) in [7, 11) is -4.05. The molecule has 1 amide bonds. The van der Waals surface area contributed by atoms with Crippen LogP contribution in [0.3, 0.4) is 0 Å². The zero-order valence-electron chi connectivity index (χ0n) is 27.2. The molecule has 2 aliphatic heterocycles. The molecule has 3 aliphatic rings. The van der Waals surface area contributed by atoms with E-state index in [1.807, 2.05) is 0 Å². The molecule has 1 aliphatic carbocycles. The number of carboxylic acid groups (broad SMARTS) is 1. The van der Waals surface area contributed by atoms with E-state index in [1.165, 1.54) is 47.8 Å². The van der Waals surface area contributed by atoms with E-state index in [2.05, 4.69) is 0 Å². The van der Waals surface area contributed by atoms with Crippen LogP contribution in [0.25, 0.3) is 0 Å². The summed E-state index contributed by atoms with van der Waals surface area (Å²) in [6.07, 6.45) is -2.54. The zero-order valence-corrected chi connectivity index (χ0v) is 28.0. The van der Waals surface area contributed by atoms with Crippen LogP contribution in [0.2, 0.25) is 0 Å². The number of rotatable bonds is 8. The molecule has 3 N–H and O–H groups in total. The van der Waals surface area contributed by atoms with Crippen molar-refractivity contribution in [2.24, 2.45) is 11.7 Å². The van der Waals surface area contributed by atoms with Gasteiger partial charge in [-0.25, -0.2) is 13.2 Å². The third-order valence-electron chi connectivity index (χ3n) is 9.01. The van der Waals surface area contributed by atoms with Crippen LogP contribution < -0.4 is 15.2 Å². The van der Waals surface area contributed by atoms with Crippen LogP contribution in [-0.2, 0) is 25.8 Å². The average Bonchev–Trinajstić information content (AvgIpc) is 3.07. The van der Waals surface area contributed by atoms with E-state index < -0.39 is 46.1 Å². The topological polar surface area (TPSA) is 139 Å². The third kappa shape index (κ3) is 10.7. The second-order valence-corrected chi connectivity index (χ2v) is 14.6. The predicted octanol–water partition coefficient (Wildman–Crippen LogP) is 5.85. The normalized spacial score (nSPS) is 21.5. The van der Waals surface area contributed by atoms with Crippen molar-refractivity contribution in [1.82, 2.24) is 9.21 Å². The van der Waals surface area contributed by atoms with Crippen LogP contribution in [0.1, 0.15) is 63.4 Å². The number of sulfonamides is 1. The molecular formula is C33H41F6N3O7S. The zero-order chi connectivity index (χ0) is 36.7. The quantitative estimate of drug-likeness (QED) is 0.322. The van der Waals surface area contributed by atoms with Crippen molar-refractivity contribution in [2.45, 2.75) is 93.2 Å². The molecule has 2 aromatic rings. The summed E-state index contributed by atoms with van der Waals surface area (Å²) in [4.78, 5) is 24.4. The van der Waals surface area contributed by atoms with Gasteiger partial charge in [0.2, 0.25) is 15.9 Å². The fraction of sp³-hybridized carbons (Fsp3) is 0.576. The van der Waals surface area contributed by atoms with Crippen molar-refractivity contribution < 1.29 is 58.9 Å². The number of hydrogen-bond acceptors (Lipinski definition) is 7. The highest BCUT2D eigenvalue weighted by Gasteiger charge is 2.43. The van der Waals surface area contributed by atoms with Gasteiger partial charge in [0, 0.05) is 32.1 Å². The number of piperidine rings is 2. The number of ether oxygens (including phenoxy) is 2. The second kappa shape index (κ2) is 16.6. The summed E-state index contributed by atoms with van der Waals surface area (Å²) < 4.78 is 112. The fourth-order valence-corrected chi connectivity index (χ4v) is 7.79. The largest absolute Gasteiger partial charge is 0.493 e. The molecular weight excluding hydrogens is 696 g/mol. The van der Waals surface area contributed by atoms with Gasteiger partial charge in [-0.1, -0.05) is 19.3 Å². The molecule has 278 valence electrons. The van der Waals surface area contributed by atoms with Crippen LogP contribution in [0.4, 0.5) is 26.3 Å². The Balaban J connectivity index is 0.000000727. The molecule has 10 nitrogen and oxygen atoms in total. The molecule has 0 unspecified atom stereocenters. The number of carbonyl (C=O) groups excluding carboxylic acids is 1. The lowest BCUT2D eigenvalue weighted by molar-refractivity contribution is -0.192. The Labute approximate surface area is 286 Å². The highest BCUT2D eigenvalue weighted by atomic mass is 32.2. The molecule has 1 saturated carbocycles. The van der Waals surface area contributed by atoms with Crippen molar-refractivity contribution in [2.75, 3.05) is 26.2 Å². The van der Waals surface area contributed by atoms with Gasteiger partial charge in [-0.3, -0.25) is 4.79 Å². The number of benzene rings is 2. The molecule has 0 bridgehead atoms. The van der Waals surface area contributed by atoms with Crippen molar-refractivity contribution in [3.63, 3.8) is 0 Å². The van der Waals surface area contributed by atoms with Crippen LogP contribution in [-0.4, -0.2) is 85.2 Å². The first kappa shape index (κ1) is 39.2. The molecule has 0 radical (unpaired) electrons. The first-order valence-electron chi connectivity index (χ1n) is 16.4. The number of aliphatic carboxylic acids is 1. The van der Waals surface area contributed by atoms with E-state index in [9.17, 15) is 39.6 Å².